The standard InChI is InChI=1S/C9H20N2/c1-8(2)11-6-4-3-5-9(10)7-11/h8-9H,3-7,10H2,1-2H3/t9-/m1/s1. The van der Waals surface area contributed by atoms with E-state index < -0.39 is 0 Å². The fourth-order valence-electron chi connectivity index (χ4n) is 1.67. The van der Waals surface area contributed by atoms with Crippen molar-refractivity contribution in [3.63, 3.8) is 0 Å². The molecule has 0 unspecified atom stereocenters. The van der Waals surface area contributed by atoms with Gasteiger partial charge in [0.1, 0.15) is 0 Å². The van der Waals surface area contributed by atoms with Crippen molar-refractivity contribution in [2.75, 3.05) is 13.1 Å². The van der Waals surface area contributed by atoms with Gasteiger partial charge in [0.15, 0.2) is 0 Å². The molecule has 1 heterocycles. The molecular weight excluding hydrogens is 136 g/mol. The zero-order valence-corrected chi connectivity index (χ0v) is 7.71. The zero-order chi connectivity index (χ0) is 8.27. The Labute approximate surface area is 69.8 Å². The largest absolute Gasteiger partial charge is 0.327 e. The molecule has 2 nitrogen and oxygen atoms in total. The SMILES string of the molecule is CC(C)N1CCCC[C@@H](N)C1. The van der Waals surface area contributed by atoms with E-state index in [1.807, 2.05) is 0 Å². The molecule has 0 saturated carbocycles. The molecule has 0 aliphatic carbocycles. The summed E-state index contributed by atoms with van der Waals surface area (Å²) < 4.78 is 0. The number of hydrogen-bond donors (Lipinski definition) is 1. The van der Waals surface area contributed by atoms with Crippen molar-refractivity contribution in [2.45, 2.75) is 45.2 Å². The van der Waals surface area contributed by atoms with Crippen LogP contribution in [0.15, 0.2) is 0 Å². The molecule has 0 radical (unpaired) electrons. The van der Waals surface area contributed by atoms with E-state index in [-0.39, 0.29) is 0 Å². The molecule has 0 aromatic carbocycles. The summed E-state index contributed by atoms with van der Waals surface area (Å²) in [5.41, 5.74) is 5.92. The van der Waals surface area contributed by atoms with Crippen LogP contribution >= 0.6 is 0 Å². The lowest BCUT2D eigenvalue weighted by Crippen LogP contribution is -2.39. The Hall–Kier alpha value is -0.0800. The zero-order valence-electron chi connectivity index (χ0n) is 7.71. The van der Waals surface area contributed by atoms with E-state index in [1.54, 1.807) is 0 Å². The molecule has 1 saturated heterocycles. The highest BCUT2D eigenvalue weighted by Crippen LogP contribution is 2.11. The summed E-state index contributed by atoms with van der Waals surface area (Å²) in [4.78, 5) is 2.48. The number of nitrogens with zero attached hydrogens (tertiary/aromatic N) is 1. The maximum atomic E-state index is 5.92. The van der Waals surface area contributed by atoms with Crippen molar-refractivity contribution in [2.24, 2.45) is 5.73 Å². The highest BCUT2D eigenvalue weighted by molar-refractivity contribution is 4.74. The molecule has 1 rings (SSSR count). The first-order valence-electron chi connectivity index (χ1n) is 4.70. The first-order chi connectivity index (χ1) is 5.20. The van der Waals surface area contributed by atoms with Crippen molar-refractivity contribution < 1.29 is 0 Å². The molecule has 66 valence electrons. The number of likely N-dealkylation sites (tertiary alicyclic amines) is 1. The van der Waals surface area contributed by atoms with Crippen LogP contribution in [0.1, 0.15) is 33.1 Å². The van der Waals surface area contributed by atoms with Crippen LogP contribution in [0.25, 0.3) is 0 Å². The molecule has 0 amide bonds. The summed E-state index contributed by atoms with van der Waals surface area (Å²) in [6, 6.07) is 1.08. The molecule has 0 aromatic heterocycles. The minimum atomic E-state index is 0.417. The van der Waals surface area contributed by atoms with Gasteiger partial charge in [-0.05, 0) is 33.2 Å². The molecule has 0 bridgehead atoms. The maximum absolute atomic E-state index is 5.92. The fourth-order valence-corrected chi connectivity index (χ4v) is 1.67. The molecule has 11 heavy (non-hydrogen) atoms. The molecule has 1 atom stereocenters. The van der Waals surface area contributed by atoms with Gasteiger partial charge < -0.3 is 5.73 Å². The Morgan fingerprint density at radius 1 is 1.36 bits per heavy atom. The molecule has 1 aliphatic rings. The van der Waals surface area contributed by atoms with Gasteiger partial charge in [-0.15, -0.1) is 0 Å². The average molecular weight is 156 g/mol. The lowest BCUT2D eigenvalue weighted by atomic mass is 10.1. The first kappa shape index (κ1) is 9.01. The Morgan fingerprint density at radius 2 is 2.09 bits per heavy atom. The van der Waals surface area contributed by atoms with Crippen LogP contribution in [0.4, 0.5) is 0 Å². The first-order valence-corrected chi connectivity index (χ1v) is 4.70. The second kappa shape index (κ2) is 4.07. The Bertz CT molecular complexity index is 112. The second-order valence-electron chi connectivity index (χ2n) is 3.84. The van der Waals surface area contributed by atoms with E-state index >= 15 is 0 Å². The molecule has 2 N–H and O–H groups in total. The predicted molar refractivity (Wildman–Crippen MR) is 48.5 cm³/mol. The van der Waals surface area contributed by atoms with Gasteiger partial charge in [0.2, 0.25) is 0 Å². The predicted octanol–water partition coefficient (Wildman–Crippen LogP) is 1.21. The normalized spacial score (nSPS) is 28.9. The monoisotopic (exact) mass is 156 g/mol. The maximum Gasteiger partial charge on any atom is 0.0167 e. The van der Waals surface area contributed by atoms with Crippen LogP contribution < -0.4 is 5.73 Å². The number of nitrogens with two attached hydrogens (primary N) is 1. The smallest absolute Gasteiger partial charge is 0.0167 e. The van der Waals surface area contributed by atoms with E-state index in [1.165, 1.54) is 25.8 Å². The van der Waals surface area contributed by atoms with Crippen LogP contribution in [0, 0.1) is 0 Å². The van der Waals surface area contributed by atoms with Crippen molar-refractivity contribution in [1.29, 1.82) is 0 Å². The van der Waals surface area contributed by atoms with E-state index in [4.69, 9.17) is 5.73 Å². The summed E-state index contributed by atoms with van der Waals surface area (Å²) in [5, 5.41) is 0. The van der Waals surface area contributed by atoms with Gasteiger partial charge in [-0.2, -0.15) is 0 Å². The summed E-state index contributed by atoms with van der Waals surface area (Å²) in [7, 11) is 0. The summed E-state index contributed by atoms with van der Waals surface area (Å²) >= 11 is 0. The molecule has 0 aromatic rings. The van der Waals surface area contributed by atoms with Crippen molar-refractivity contribution in [3.05, 3.63) is 0 Å². The van der Waals surface area contributed by atoms with Gasteiger partial charge in [0.05, 0.1) is 0 Å². The van der Waals surface area contributed by atoms with Crippen molar-refractivity contribution in [1.82, 2.24) is 4.90 Å². The van der Waals surface area contributed by atoms with Gasteiger partial charge in [0.25, 0.3) is 0 Å². The third-order valence-corrected chi connectivity index (χ3v) is 2.47. The third-order valence-electron chi connectivity index (χ3n) is 2.47. The van der Waals surface area contributed by atoms with Crippen molar-refractivity contribution >= 4 is 0 Å². The topological polar surface area (TPSA) is 29.3 Å². The summed E-state index contributed by atoms with van der Waals surface area (Å²) in [6.07, 6.45) is 3.85. The molecule has 1 fully saturated rings. The Morgan fingerprint density at radius 3 is 2.73 bits per heavy atom. The number of rotatable bonds is 1. The van der Waals surface area contributed by atoms with Gasteiger partial charge in [-0.25, -0.2) is 0 Å². The van der Waals surface area contributed by atoms with E-state index in [0.717, 1.165) is 6.54 Å². The van der Waals surface area contributed by atoms with Crippen LogP contribution in [-0.2, 0) is 0 Å². The van der Waals surface area contributed by atoms with Crippen LogP contribution in [-0.4, -0.2) is 30.1 Å². The Balaban J connectivity index is 2.39. The highest BCUT2D eigenvalue weighted by Gasteiger charge is 2.16. The lowest BCUT2D eigenvalue weighted by molar-refractivity contribution is 0.221. The van der Waals surface area contributed by atoms with E-state index in [0.29, 0.717) is 12.1 Å². The van der Waals surface area contributed by atoms with Crippen LogP contribution in [0.3, 0.4) is 0 Å². The lowest BCUT2D eigenvalue weighted by Gasteiger charge is -2.26. The fraction of sp³-hybridized carbons (Fsp3) is 1.00. The van der Waals surface area contributed by atoms with Gasteiger partial charge in [-0.3, -0.25) is 4.90 Å². The van der Waals surface area contributed by atoms with Crippen molar-refractivity contribution in [3.8, 4) is 0 Å². The molecule has 0 spiro atoms. The second-order valence-corrected chi connectivity index (χ2v) is 3.84. The quantitative estimate of drug-likeness (QED) is 0.618. The minimum Gasteiger partial charge on any atom is -0.327 e. The molecule has 1 aliphatic heterocycles. The summed E-state index contributed by atoms with van der Waals surface area (Å²) in [6.45, 7) is 6.83. The highest BCUT2D eigenvalue weighted by atomic mass is 15.2. The Kier molecular flexibility index (Phi) is 3.34. The molecular formula is C9H20N2. The van der Waals surface area contributed by atoms with E-state index in [9.17, 15) is 0 Å². The average Bonchev–Trinajstić information content (AvgIpc) is 2.13. The van der Waals surface area contributed by atoms with Crippen LogP contribution in [0.2, 0.25) is 0 Å². The third kappa shape index (κ3) is 2.80. The van der Waals surface area contributed by atoms with Gasteiger partial charge >= 0.3 is 0 Å². The van der Waals surface area contributed by atoms with E-state index in [2.05, 4.69) is 18.7 Å². The van der Waals surface area contributed by atoms with Crippen LogP contribution in [0.5, 0.6) is 0 Å². The van der Waals surface area contributed by atoms with Gasteiger partial charge in [0, 0.05) is 18.6 Å². The number of hydrogen-bond acceptors (Lipinski definition) is 2. The summed E-state index contributed by atoms with van der Waals surface area (Å²) in [5.74, 6) is 0. The molecule has 2 heteroatoms. The minimum absolute atomic E-state index is 0.417. The van der Waals surface area contributed by atoms with Gasteiger partial charge in [-0.1, -0.05) is 6.42 Å².